The first-order valence-electron chi connectivity index (χ1n) is 6.90. The fourth-order valence-electron chi connectivity index (χ4n) is 4.03. The van der Waals surface area contributed by atoms with E-state index in [4.69, 9.17) is 0 Å². The summed E-state index contributed by atoms with van der Waals surface area (Å²) in [5.74, 6) is 1.04. The maximum atomic E-state index is 10.6. The van der Waals surface area contributed by atoms with Gasteiger partial charge in [0.2, 0.25) is 0 Å². The highest BCUT2D eigenvalue weighted by Gasteiger charge is 2.51. The molecule has 0 aliphatic heterocycles. The smallest absolute Gasteiger partial charge is 0.0642 e. The molecule has 0 saturated heterocycles. The summed E-state index contributed by atoms with van der Waals surface area (Å²) in [5, 5.41) is 20.9. The van der Waals surface area contributed by atoms with Crippen LogP contribution in [0.3, 0.4) is 0 Å². The van der Waals surface area contributed by atoms with E-state index in [0.717, 1.165) is 19.3 Å². The van der Waals surface area contributed by atoms with E-state index in [0.29, 0.717) is 11.8 Å². The van der Waals surface area contributed by atoms with Gasteiger partial charge in [0.05, 0.1) is 12.2 Å². The molecule has 0 amide bonds. The van der Waals surface area contributed by atoms with Gasteiger partial charge >= 0.3 is 0 Å². The van der Waals surface area contributed by atoms with Gasteiger partial charge in [-0.3, -0.25) is 0 Å². The number of hydrogen-bond donors (Lipinski definition) is 2. The molecule has 2 aliphatic carbocycles. The Morgan fingerprint density at radius 1 is 1.35 bits per heavy atom. The van der Waals surface area contributed by atoms with Crippen LogP contribution in [0.1, 0.15) is 47.0 Å². The molecule has 0 unspecified atom stereocenters. The first-order valence-corrected chi connectivity index (χ1v) is 6.90. The summed E-state index contributed by atoms with van der Waals surface area (Å²) < 4.78 is 0. The summed E-state index contributed by atoms with van der Waals surface area (Å²) in [6.07, 6.45) is 4.35. The van der Waals surface area contributed by atoms with Gasteiger partial charge < -0.3 is 10.2 Å². The maximum absolute atomic E-state index is 10.6. The highest BCUT2D eigenvalue weighted by atomic mass is 16.3. The molecule has 0 aromatic rings. The minimum absolute atomic E-state index is 0.121. The van der Waals surface area contributed by atoms with Crippen LogP contribution in [0.4, 0.5) is 0 Å². The van der Waals surface area contributed by atoms with E-state index in [1.807, 2.05) is 0 Å². The largest absolute Gasteiger partial charge is 0.392 e. The minimum atomic E-state index is -0.293. The van der Waals surface area contributed by atoms with Crippen molar-refractivity contribution in [3.05, 3.63) is 11.6 Å². The van der Waals surface area contributed by atoms with Crippen LogP contribution in [-0.4, -0.2) is 22.4 Å². The first kappa shape index (κ1) is 13.1. The van der Waals surface area contributed by atoms with Crippen LogP contribution in [0.15, 0.2) is 11.6 Å². The van der Waals surface area contributed by atoms with Crippen molar-refractivity contribution in [3.8, 4) is 0 Å². The molecule has 0 radical (unpaired) electrons. The van der Waals surface area contributed by atoms with E-state index < -0.39 is 0 Å². The second-order valence-electron chi connectivity index (χ2n) is 6.62. The van der Waals surface area contributed by atoms with Gasteiger partial charge in [-0.05, 0) is 38.0 Å². The van der Waals surface area contributed by atoms with Crippen LogP contribution in [0, 0.1) is 23.2 Å². The summed E-state index contributed by atoms with van der Waals surface area (Å²) in [6, 6.07) is 0. The second-order valence-corrected chi connectivity index (χ2v) is 6.62. The van der Waals surface area contributed by atoms with Gasteiger partial charge in [-0.25, -0.2) is 0 Å². The zero-order chi connectivity index (χ0) is 12.8. The lowest BCUT2D eigenvalue weighted by atomic mass is 9.54. The van der Waals surface area contributed by atoms with E-state index in [9.17, 15) is 10.2 Å². The summed E-state index contributed by atoms with van der Waals surface area (Å²) in [7, 11) is 0. The third-order valence-corrected chi connectivity index (χ3v) is 5.28. The van der Waals surface area contributed by atoms with Crippen LogP contribution in [-0.2, 0) is 0 Å². The van der Waals surface area contributed by atoms with Crippen molar-refractivity contribution >= 4 is 0 Å². The lowest BCUT2D eigenvalue weighted by Gasteiger charge is -2.53. The molecule has 5 atom stereocenters. The molecule has 2 rings (SSSR count). The van der Waals surface area contributed by atoms with Gasteiger partial charge in [0.25, 0.3) is 0 Å². The van der Waals surface area contributed by atoms with E-state index in [-0.39, 0.29) is 23.5 Å². The predicted molar refractivity (Wildman–Crippen MR) is 69.5 cm³/mol. The highest BCUT2D eigenvalue weighted by molar-refractivity contribution is 5.20. The van der Waals surface area contributed by atoms with E-state index >= 15 is 0 Å². The van der Waals surface area contributed by atoms with E-state index in [2.05, 4.69) is 33.8 Å². The Kier molecular flexibility index (Phi) is 3.39. The number of aliphatic hydroxyl groups is 2. The van der Waals surface area contributed by atoms with Gasteiger partial charge in [0.15, 0.2) is 0 Å². The van der Waals surface area contributed by atoms with Crippen LogP contribution >= 0.6 is 0 Å². The van der Waals surface area contributed by atoms with Crippen molar-refractivity contribution in [3.63, 3.8) is 0 Å². The monoisotopic (exact) mass is 238 g/mol. The zero-order valence-electron chi connectivity index (χ0n) is 11.5. The molecule has 2 N–H and O–H groups in total. The summed E-state index contributed by atoms with van der Waals surface area (Å²) >= 11 is 0. The number of rotatable bonds is 1. The fourth-order valence-corrected chi connectivity index (χ4v) is 4.03. The Bertz CT molecular complexity index is 321. The second kappa shape index (κ2) is 4.40. The molecule has 0 spiro atoms. The van der Waals surface area contributed by atoms with Crippen LogP contribution in [0.25, 0.3) is 0 Å². The first-order chi connectivity index (χ1) is 7.88. The standard InChI is InChI=1S/C15H26O2/c1-9(2)11-7-8-15(4)12(16)6-5-10(3)13(15)14(11)17/h5,9,11-14,16-17H,6-8H2,1-4H3/t11-,12-,13+,14-,15+/m0/s1. The van der Waals surface area contributed by atoms with Crippen molar-refractivity contribution in [2.75, 3.05) is 0 Å². The molecule has 2 aliphatic rings. The lowest BCUT2D eigenvalue weighted by molar-refractivity contribution is -0.111. The predicted octanol–water partition coefficient (Wildman–Crippen LogP) is 2.75. The molecular formula is C15H26O2. The number of fused-ring (bicyclic) bond motifs is 1. The van der Waals surface area contributed by atoms with Crippen molar-refractivity contribution in [1.29, 1.82) is 0 Å². The van der Waals surface area contributed by atoms with E-state index in [1.165, 1.54) is 5.57 Å². The van der Waals surface area contributed by atoms with Crippen LogP contribution in [0.5, 0.6) is 0 Å². The SMILES string of the molecule is CC1=CC[C@H](O)[C@@]2(C)CC[C@@H](C(C)C)[C@H](O)[C@@H]12. The van der Waals surface area contributed by atoms with Crippen molar-refractivity contribution in [2.45, 2.75) is 59.2 Å². The molecule has 2 heteroatoms. The topological polar surface area (TPSA) is 40.5 Å². The van der Waals surface area contributed by atoms with Gasteiger partial charge in [0.1, 0.15) is 0 Å². The summed E-state index contributed by atoms with van der Waals surface area (Å²) in [4.78, 5) is 0. The van der Waals surface area contributed by atoms with E-state index in [1.54, 1.807) is 0 Å². The number of aliphatic hydroxyl groups excluding tert-OH is 2. The van der Waals surface area contributed by atoms with Gasteiger partial charge in [-0.2, -0.15) is 0 Å². The van der Waals surface area contributed by atoms with Crippen LogP contribution in [0.2, 0.25) is 0 Å². The molecule has 0 aromatic carbocycles. The average Bonchev–Trinajstić information content (AvgIpc) is 2.23. The average molecular weight is 238 g/mol. The Morgan fingerprint density at radius 3 is 2.59 bits per heavy atom. The highest BCUT2D eigenvalue weighted by Crippen LogP contribution is 2.53. The molecule has 98 valence electrons. The van der Waals surface area contributed by atoms with Gasteiger partial charge in [0, 0.05) is 11.3 Å². The van der Waals surface area contributed by atoms with Crippen molar-refractivity contribution in [1.82, 2.24) is 0 Å². The molecule has 2 nitrogen and oxygen atoms in total. The fraction of sp³-hybridized carbons (Fsp3) is 0.867. The molecular weight excluding hydrogens is 212 g/mol. The Labute approximate surface area is 105 Å². The van der Waals surface area contributed by atoms with Crippen molar-refractivity contribution < 1.29 is 10.2 Å². The van der Waals surface area contributed by atoms with Gasteiger partial charge in [-0.1, -0.05) is 32.4 Å². The quantitative estimate of drug-likeness (QED) is 0.690. The Hall–Kier alpha value is -0.340. The molecule has 17 heavy (non-hydrogen) atoms. The lowest BCUT2D eigenvalue weighted by Crippen LogP contribution is -2.53. The van der Waals surface area contributed by atoms with Gasteiger partial charge in [-0.15, -0.1) is 0 Å². The molecule has 0 aromatic heterocycles. The summed E-state index contributed by atoms with van der Waals surface area (Å²) in [5.41, 5.74) is 1.15. The van der Waals surface area contributed by atoms with Crippen LogP contribution < -0.4 is 0 Å². The minimum Gasteiger partial charge on any atom is -0.392 e. The maximum Gasteiger partial charge on any atom is 0.0642 e. The Morgan fingerprint density at radius 2 is 2.00 bits per heavy atom. The molecule has 0 heterocycles. The molecule has 0 bridgehead atoms. The summed E-state index contributed by atoms with van der Waals surface area (Å²) in [6.45, 7) is 8.64. The Balaban J connectivity index is 2.33. The van der Waals surface area contributed by atoms with Crippen molar-refractivity contribution in [2.24, 2.45) is 23.2 Å². The third kappa shape index (κ3) is 1.96. The zero-order valence-corrected chi connectivity index (χ0v) is 11.5. The molecule has 1 saturated carbocycles. The normalized spacial score (nSPS) is 46.6. The number of hydrogen-bond acceptors (Lipinski definition) is 2. The third-order valence-electron chi connectivity index (χ3n) is 5.28. The molecule has 1 fully saturated rings.